The number of allylic oxidation sites excluding steroid dienone is 1. The summed E-state index contributed by atoms with van der Waals surface area (Å²) in [6, 6.07) is 6.07. The Morgan fingerprint density at radius 1 is 1.45 bits per heavy atom. The first-order chi connectivity index (χ1) is 9.62. The normalized spacial score (nSPS) is 12.4. The predicted octanol–water partition coefficient (Wildman–Crippen LogP) is 1.70. The van der Waals surface area contributed by atoms with Gasteiger partial charge in [-0.1, -0.05) is 17.7 Å². The molecular formula is C15H16O5. The van der Waals surface area contributed by atoms with Crippen LogP contribution in [0.4, 0.5) is 0 Å². The van der Waals surface area contributed by atoms with E-state index in [2.05, 4.69) is 10.8 Å². The molecule has 0 N–H and O–H groups in total. The maximum atomic E-state index is 11.1. The van der Waals surface area contributed by atoms with Gasteiger partial charge in [0.05, 0.1) is 13.7 Å². The minimum atomic E-state index is -0.300. The topological polar surface area (TPSA) is 69.7 Å². The van der Waals surface area contributed by atoms with Crippen molar-refractivity contribution in [1.82, 2.24) is 0 Å². The van der Waals surface area contributed by atoms with Crippen molar-refractivity contribution in [2.45, 2.75) is 19.8 Å². The highest BCUT2D eigenvalue weighted by atomic mass is 16.5. The lowest BCUT2D eigenvalue weighted by Gasteiger charge is -2.07. The van der Waals surface area contributed by atoms with Gasteiger partial charge in [0.1, 0.15) is 5.75 Å². The van der Waals surface area contributed by atoms with E-state index in [4.69, 9.17) is 14.3 Å². The van der Waals surface area contributed by atoms with E-state index in [1.54, 1.807) is 0 Å². The first-order valence-electron chi connectivity index (χ1n) is 6.10. The number of benzene rings is 1. The van der Waals surface area contributed by atoms with Gasteiger partial charge in [0.2, 0.25) is 0 Å². The van der Waals surface area contributed by atoms with Crippen LogP contribution in [0.2, 0.25) is 0 Å². The SMILES string of the molecule is COC(=O)/C=C(/C)Cc1cccc2c1CCO2.O=C=O. The van der Waals surface area contributed by atoms with Crippen LogP contribution in [0.25, 0.3) is 0 Å². The zero-order valence-corrected chi connectivity index (χ0v) is 11.5. The zero-order chi connectivity index (χ0) is 15.0. The number of methoxy groups -OCH3 is 1. The number of hydrogen-bond acceptors (Lipinski definition) is 5. The molecule has 0 unspecified atom stereocenters. The van der Waals surface area contributed by atoms with Gasteiger partial charge in [-0.3, -0.25) is 0 Å². The number of carbonyl (C=O) groups is 1. The summed E-state index contributed by atoms with van der Waals surface area (Å²) in [5, 5.41) is 0. The van der Waals surface area contributed by atoms with Gasteiger partial charge in [-0.05, 0) is 25.0 Å². The number of hydrogen-bond donors (Lipinski definition) is 0. The van der Waals surface area contributed by atoms with E-state index in [1.165, 1.54) is 24.3 Å². The van der Waals surface area contributed by atoms with Crippen LogP contribution in [0.5, 0.6) is 5.75 Å². The van der Waals surface area contributed by atoms with Crippen molar-refractivity contribution in [2.24, 2.45) is 0 Å². The Kier molecular flexibility index (Phi) is 6.20. The lowest BCUT2D eigenvalue weighted by molar-refractivity contribution is -0.191. The summed E-state index contributed by atoms with van der Waals surface area (Å²) in [6.45, 7) is 2.69. The molecule has 1 aliphatic heterocycles. The first kappa shape index (κ1) is 15.7. The quantitative estimate of drug-likeness (QED) is 0.621. The largest absolute Gasteiger partial charge is 0.493 e. The van der Waals surface area contributed by atoms with E-state index in [-0.39, 0.29) is 12.1 Å². The molecule has 0 bridgehead atoms. The Balaban J connectivity index is 0.000000612. The number of carbonyl (C=O) groups excluding carboxylic acids is 3. The molecule has 0 amide bonds. The average molecular weight is 276 g/mol. The lowest BCUT2D eigenvalue weighted by Crippen LogP contribution is -1.99. The molecule has 1 heterocycles. The summed E-state index contributed by atoms with van der Waals surface area (Å²) in [5.74, 6) is 0.680. The molecule has 5 heteroatoms. The Morgan fingerprint density at radius 3 is 2.80 bits per heavy atom. The summed E-state index contributed by atoms with van der Waals surface area (Å²) in [6.07, 6.45) is 3.51. The molecule has 0 saturated heterocycles. The summed E-state index contributed by atoms with van der Waals surface area (Å²) < 4.78 is 10.1. The van der Waals surface area contributed by atoms with Crippen LogP contribution >= 0.6 is 0 Å². The third-order valence-electron chi connectivity index (χ3n) is 2.87. The Labute approximate surface area is 117 Å². The third kappa shape index (κ3) is 4.37. The molecule has 106 valence electrons. The minimum absolute atomic E-state index is 0.250. The van der Waals surface area contributed by atoms with Crippen LogP contribution in [0.15, 0.2) is 29.8 Å². The third-order valence-corrected chi connectivity index (χ3v) is 2.87. The number of esters is 1. The van der Waals surface area contributed by atoms with Crippen LogP contribution in [0, 0.1) is 0 Å². The van der Waals surface area contributed by atoms with Crippen molar-refractivity contribution >= 4 is 12.1 Å². The molecule has 20 heavy (non-hydrogen) atoms. The number of ether oxygens (including phenoxy) is 2. The molecule has 0 radical (unpaired) electrons. The van der Waals surface area contributed by atoms with Crippen molar-refractivity contribution in [3.8, 4) is 5.75 Å². The van der Waals surface area contributed by atoms with E-state index < -0.39 is 0 Å². The van der Waals surface area contributed by atoms with E-state index in [0.717, 1.165) is 30.8 Å². The summed E-state index contributed by atoms with van der Waals surface area (Å²) in [4.78, 5) is 27.4. The van der Waals surface area contributed by atoms with Gasteiger partial charge in [-0.25, -0.2) is 4.79 Å². The summed E-state index contributed by atoms with van der Waals surface area (Å²) in [7, 11) is 1.39. The number of rotatable bonds is 3. The van der Waals surface area contributed by atoms with Gasteiger partial charge < -0.3 is 9.47 Å². The molecule has 5 nitrogen and oxygen atoms in total. The second-order valence-corrected chi connectivity index (χ2v) is 4.27. The second-order valence-electron chi connectivity index (χ2n) is 4.27. The maximum Gasteiger partial charge on any atom is 0.373 e. The van der Waals surface area contributed by atoms with Crippen molar-refractivity contribution in [2.75, 3.05) is 13.7 Å². The molecule has 0 fully saturated rings. The molecule has 0 spiro atoms. The molecule has 2 rings (SSSR count). The zero-order valence-electron chi connectivity index (χ0n) is 11.5. The molecule has 0 saturated carbocycles. The minimum Gasteiger partial charge on any atom is -0.493 e. The van der Waals surface area contributed by atoms with Gasteiger partial charge in [-0.2, -0.15) is 9.59 Å². The summed E-state index contributed by atoms with van der Waals surface area (Å²) >= 11 is 0. The van der Waals surface area contributed by atoms with Crippen LogP contribution in [-0.2, 0) is 32.0 Å². The fourth-order valence-corrected chi connectivity index (χ4v) is 2.07. The number of fused-ring (bicyclic) bond motifs is 1. The molecule has 1 aromatic carbocycles. The van der Waals surface area contributed by atoms with E-state index in [0.29, 0.717) is 0 Å². The smallest absolute Gasteiger partial charge is 0.373 e. The maximum absolute atomic E-state index is 11.1. The Bertz CT molecular complexity index is 539. The Morgan fingerprint density at radius 2 is 2.15 bits per heavy atom. The van der Waals surface area contributed by atoms with Crippen molar-refractivity contribution in [1.29, 1.82) is 0 Å². The molecule has 0 aliphatic carbocycles. The molecular weight excluding hydrogens is 260 g/mol. The highest BCUT2D eigenvalue weighted by Crippen LogP contribution is 2.29. The van der Waals surface area contributed by atoms with Gasteiger partial charge >= 0.3 is 12.1 Å². The van der Waals surface area contributed by atoms with E-state index in [9.17, 15) is 4.79 Å². The van der Waals surface area contributed by atoms with Gasteiger partial charge in [0.25, 0.3) is 0 Å². The van der Waals surface area contributed by atoms with Crippen molar-refractivity contribution in [3.63, 3.8) is 0 Å². The predicted molar refractivity (Wildman–Crippen MR) is 70.1 cm³/mol. The van der Waals surface area contributed by atoms with Gasteiger partial charge in [-0.15, -0.1) is 0 Å². The van der Waals surface area contributed by atoms with E-state index in [1.807, 2.05) is 19.1 Å². The second kappa shape index (κ2) is 7.92. The monoisotopic (exact) mass is 276 g/mol. The fraction of sp³-hybridized carbons (Fsp3) is 0.333. The fourth-order valence-electron chi connectivity index (χ4n) is 2.07. The molecule has 1 aliphatic rings. The Hall–Kier alpha value is -2.39. The van der Waals surface area contributed by atoms with Crippen LogP contribution < -0.4 is 4.74 Å². The first-order valence-corrected chi connectivity index (χ1v) is 6.10. The van der Waals surface area contributed by atoms with Crippen LogP contribution in [-0.4, -0.2) is 25.8 Å². The van der Waals surface area contributed by atoms with E-state index >= 15 is 0 Å². The summed E-state index contributed by atoms with van der Waals surface area (Å²) in [5.41, 5.74) is 3.50. The van der Waals surface area contributed by atoms with Crippen molar-refractivity contribution in [3.05, 3.63) is 41.0 Å². The molecule has 1 aromatic rings. The highest BCUT2D eigenvalue weighted by molar-refractivity contribution is 5.82. The molecule has 0 atom stereocenters. The van der Waals surface area contributed by atoms with Crippen molar-refractivity contribution < 1.29 is 23.9 Å². The van der Waals surface area contributed by atoms with Gasteiger partial charge in [0, 0.05) is 18.1 Å². The average Bonchev–Trinajstić information content (AvgIpc) is 2.88. The lowest BCUT2D eigenvalue weighted by atomic mass is 9.99. The van der Waals surface area contributed by atoms with Crippen LogP contribution in [0.1, 0.15) is 18.1 Å². The molecule has 0 aromatic heterocycles. The van der Waals surface area contributed by atoms with Gasteiger partial charge in [0.15, 0.2) is 0 Å². The van der Waals surface area contributed by atoms with Crippen LogP contribution in [0.3, 0.4) is 0 Å². The standard InChI is InChI=1S/C14H16O3.CO2/c1-10(9-14(15)16-2)8-11-4-3-5-13-12(11)6-7-17-13;2-1-3/h3-5,9H,6-8H2,1-2H3;/b10-9-;. The highest BCUT2D eigenvalue weighted by Gasteiger charge is 2.15.